The highest BCUT2D eigenvalue weighted by molar-refractivity contribution is 5.89. The van der Waals surface area contributed by atoms with Gasteiger partial charge in [0, 0.05) is 17.8 Å². The van der Waals surface area contributed by atoms with Crippen LogP contribution < -0.4 is 16.0 Å². The summed E-state index contributed by atoms with van der Waals surface area (Å²) in [6, 6.07) is 12.1. The molecule has 4 heterocycles. The predicted octanol–water partition coefficient (Wildman–Crippen LogP) is 6.06. The molecule has 1 aromatic carbocycles. The van der Waals surface area contributed by atoms with Gasteiger partial charge < -0.3 is 16.0 Å². The fraction of sp³-hybridized carbons (Fsp3) is 0.310. The zero-order valence-corrected chi connectivity index (χ0v) is 22.9. The van der Waals surface area contributed by atoms with Crippen molar-refractivity contribution >= 4 is 28.6 Å². The molecule has 0 bridgehead atoms. The highest BCUT2D eigenvalue weighted by Crippen LogP contribution is 2.51. The molecule has 10 nitrogen and oxygen atoms in total. The predicted molar refractivity (Wildman–Crippen MR) is 152 cm³/mol. The van der Waals surface area contributed by atoms with Gasteiger partial charge in [0.1, 0.15) is 23.7 Å². The Kier molecular flexibility index (Phi) is 6.36. The lowest BCUT2D eigenvalue weighted by Crippen LogP contribution is -2.39. The minimum absolute atomic E-state index is 0.0571. The standard InChI is InChI=1S/C29H26F4N10/c1-16(17-2-6-20(7-3-17)43-15-34-14-36-43)37-27-40-23-9-8-22(18-12-21(30)25(35-13-18)38-19-4-5-19)39-24(23)26(41-27)42-28(10-11-28)29(31,32)33/h2-3,6-9,12-16,19H,4-5,10-11H2,1H3,(H,35,38)(H2,37,40,41,42)/t16-/m1/s1. The van der Waals surface area contributed by atoms with E-state index in [4.69, 9.17) is 0 Å². The quantitative estimate of drug-likeness (QED) is 0.176. The van der Waals surface area contributed by atoms with Crippen LogP contribution >= 0.6 is 0 Å². The largest absolute Gasteiger partial charge is 0.411 e. The van der Waals surface area contributed by atoms with E-state index < -0.39 is 17.5 Å². The molecule has 2 saturated carbocycles. The molecule has 1 atom stereocenters. The fourth-order valence-corrected chi connectivity index (χ4v) is 4.80. The first kappa shape index (κ1) is 27.0. The van der Waals surface area contributed by atoms with E-state index in [9.17, 15) is 17.6 Å². The molecule has 2 aliphatic carbocycles. The van der Waals surface area contributed by atoms with Gasteiger partial charge in [-0.15, -0.1) is 0 Å². The van der Waals surface area contributed by atoms with Gasteiger partial charge in [0.25, 0.3) is 0 Å². The molecule has 14 heteroatoms. The van der Waals surface area contributed by atoms with Gasteiger partial charge in [0.15, 0.2) is 17.5 Å². The number of aromatic nitrogens is 7. The Labute approximate surface area is 243 Å². The van der Waals surface area contributed by atoms with Gasteiger partial charge in [0.2, 0.25) is 5.95 Å². The molecule has 0 unspecified atom stereocenters. The van der Waals surface area contributed by atoms with E-state index in [0.717, 1.165) is 24.1 Å². The maximum atomic E-state index is 14.8. The molecule has 2 aliphatic rings. The molecule has 0 spiro atoms. The summed E-state index contributed by atoms with van der Waals surface area (Å²) in [7, 11) is 0. The van der Waals surface area contributed by atoms with Gasteiger partial charge in [-0.05, 0) is 68.5 Å². The number of hydrogen-bond donors (Lipinski definition) is 3. The number of hydrogen-bond acceptors (Lipinski definition) is 9. The number of pyridine rings is 2. The molecular weight excluding hydrogens is 564 g/mol. The summed E-state index contributed by atoms with van der Waals surface area (Å²) >= 11 is 0. The summed E-state index contributed by atoms with van der Waals surface area (Å²) in [6.45, 7) is 1.90. The van der Waals surface area contributed by atoms with Gasteiger partial charge in [-0.25, -0.2) is 29.0 Å². The highest BCUT2D eigenvalue weighted by atomic mass is 19.4. The van der Waals surface area contributed by atoms with E-state index in [1.165, 1.54) is 18.6 Å². The van der Waals surface area contributed by atoms with Crippen molar-refractivity contribution < 1.29 is 17.6 Å². The van der Waals surface area contributed by atoms with E-state index in [2.05, 4.69) is 46.0 Å². The van der Waals surface area contributed by atoms with Crippen molar-refractivity contribution in [2.24, 2.45) is 0 Å². The lowest BCUT2D eigenvalue weighted by atomic mass is 10.1. The lowest BCUT2D eigenvalue weighted by Gasteiger charge is -2.23. The highest BCUT2D eigenvalue weighted by Gasteiger charge is 2.64. The molecule has 0 saturated heterocycles. The number of fused-ring (bicyclic) bond motifs is 1. The minimum atomic E-state index is -4.48. The SMILES string of the molecule is C[C@@H](Nc1nc(NC2(C(F)(F)F)CC2)c2nc(-c3cnc(NC4CC4)c(F)c3)ccc2n1)c1ccc(-n2cncn2)cc1. The molecule has 220 valence electrons. The lowest BCUT2D eigenvalue weighted by molar-refractivity contribution is -0.151. The number of benzene rings is 1. The van der Waals surface area contributed by atoms with Crippen LogP contribution in [0.15, 0.2) is 61.3 Å². The summed E-state index contributed by atoms with van der Waals surface area (Å²) in [6.07, 6.45) is 1.82. The van der Waals surface area contributed by atoms with Gasteiger partial charge in [0.05, 0.1) is 22.9 Å². The average Bonchev–Trinajstić information content (AvgIpc) is 3.91. The first-order valence-electron chi connectivity index (χ1n) is 13.9. The van der Waals surface area contributed by atoms with Crippen LogP contribution in [0.25, 0.3) is 28.0 Å². The van der Waals surface area contributed by atoms with Crippen LogP contribution in [0.2, 0.25) is 0 Å². The van der Waals surface area contributed by atoms with Crippen LogP contribution in [-0.2, 0) is 0 Å². The van der Waals surface area contributed by atoms with Crippen LogP contribution in [0.4, 0.5) is 35.1 Å². The third-order valence-electron chi connectivity index (χ3n) is 7.67. The first-order chi connectivity index (χ1) is 20.7. The second-order valence-electron chi connectivity index (χ2n) is 10.9. The number of alkyl halides is 3. The summed E-state index contributed by atoms with van der Waals surface area (Å²) in [5, 5.41) is 13.0. The van der Waals surface area contributed by atoms with Crippen molar-refractivity contribution in [1.29, 1.82) is 0 Å². The van der Waals surface area contributed by atoms with Crippen molar-refractivity contribution in [3.05, 3.63) is 72.7 Å². The minimum Gasteiger partial charge on any atom is -0.365 e. The topological polar surface area (TPSA) is 118 Å². The smallest absolute Gasteiger partial charge is 0.365 e. The number of rotatable bonds is 9. The number of halogens is 4. The molecule has 0 radical (unpaired) electrons. The summed E-state index contributed by atoms with van der Waals surface area (Å²) in [5.41, 5.74) is 0.833. The molecule has 5 aromatic rings. The maximum Gasteiger partial charge on any atom is 0.411 e. The third-order valence-corrected chi connectivity index (χ3v) is 7.67. The zero-order valence-electron chi connectivity index (χ0n) is 22.9. The molecule has 7 rings (SSSR count). The molecular formula is C29H26F4N10. The van der Waals surface area contributed by atoms with Gasteiger partial charge in [-0.2, -0.15) is 23.3 Å². The number of anilines is 3. The van der Waals surface area contributed by atoms with Crippen molar-refractivity contribution in [1.82, 2.24) is 34.7 Å². The zero-order chi connectivity index (χ0) is 29.8. The van der Waals surface area contributed by atoms with Crippen molar-refractivity contribution in [3.63, 3.8) is 0 Å². The molecule has 43 heavy (non-hydrogen) atoms. The second-order valence-corrected chi connectivity index (χ2v) is 10.9. The Balaban J connectivity index is 1.21. The van der Waals surface area contributed by atoms with Crippen LogP contribution in [0, 0.1) is 5.82 Å². The van der Waals surface area contributed by atoms with E-state index >= 15 is 0 Å². The number of nitrogens with one attached hydrogen (secondary N) is 3. The monoisotopic (exact) mass is 590 g/mol. The Morgan fingerprint density at radius 2 is 1.79 bits per heavy atom. The van der Waals surface area contributed by atoms with Crippen LogP contribution in [0.1, 0.15) is 44.2 Å². The van der Waals surface area contributed by atoms with Gasteiger partial charge >= 0.3 is 6.18 Å². The van der Waals surface area contributed by atoms with Gasteiger partial charge in [-0.1, -0.05) is 12.1 Å². The molecule has 3 N–H and O–H groups in total. The maximum absolute atomic E-state index is 14.8. The summed E-state index contributed by atoms with van der Waals surface area (Å²) in [4.78, 5) is 21.7. The Morgan fingerprint density at radius 1 is 1.00 bits per heavy atom. The normalized spacial score (nSPS) is 16.6. The Bertz CT molecular complexity index is 1780. The summed E-state index contributed by atoms with van der Waals surface area (Å²) in [5.74, 6) is -0.286. The van der Waals surface area contributed by atoms with Crippen LogP contribution in [0.5, 0.6) is 0 Å². The summed E-state index contributed by atoms with van der Waals surface area (Å²) < 4.78 is 58.3. The Hall–Kier alpha value is -4.88. The van der Waals surface area contributed by atoms with Crippen molar-refractivity contribution in [2.75, 3.05) is 16.0 Å². The van der Waals surface area contributed by atoms with E-state index in [1.54, 1.807) is 23.1 Å². The third kappa shape index (κ3) is 5.40. The van der Waals surface area contributed by atoms with E-state index in [-0.39, 0.29) is 48.0 Å². The molecule has 0 amide bonds. The fourth-order valence-electron chi connectivity index (χ4n) is 4.80. The number of nitrogens with zero attached hydrogens (tertiary/aromatic N) is 7. The second kappa shape index (κ2) is 10.1. The van der Waals surface area contributed by atoms with Crippen LogP contribution in [-0.4, -0.2) is 52.5 Å². The molecule has 4 aromatic heterocycles. The van der Waals surface area contributed by atoms with Gasteiger partial charge in [-0.3, -0.25) is 0 Å². The van der Waals surface area contributed by atoms with Crippen molar-refractivity contribution in [3.8, 4) is 16.9 Å². The Morgan fingerprint density at radius 3 is 2.44 bits per heavy atom. The first-order valence-corrected chi connectivity index (χ1v) is 13.9. The van der Waals surface area contributed by atoms with Crippen molar-refractivity contribution in [2.45, 2.75) is 56.4 Å². The molecule has 0 aliphatic heterocycles. The van der Waals surface area contributed by atoms with Crippen LogP contribution in [0.3, 0.4) is 0 Å². The van der Waals surface area contributed by atoms with E-state index in [0.29, 0.717) is 16.8 Å². The average molecular weight is 591 g/mol. The van der Waals surface area contributed by atoms with E-state index in [1.807, 2.05) is 31.2 Å². The molecule has 2 fully saturated rings.